The third-order valence-electron chi connectivity index (χ3n) is 2.65. The molecule has 0 bridgehead atoms. The van der Waals surface area contributed by atoms with Crippen molar-refractivity contribution < 1.29 is 22.6 Å². The van der Waals surface area contributed by atoms with E-state index in [1.807, 2.05) is 0 Å². The van der Waals surface area contributed by atoms with Crippen LogP contribution in [0.3, 0.4) is 0 Å². The Morgan fingerprint density at radius 2 is 1.76 bits per heavy atom. The Kier molecular flexibility index (Phi) is 4.15. The van der Waals surface area contributed by atoms with Gasteiger partial charge in [0.2, 0.25) is 6.29 Å². The molecule has 0 fully saturated rings. The number of anilines is 1. The molecule has 0 spiro atoms. The van der Waals surface area contributed by atoms with Crippen LogP contribution in [0.1, 0.15) is 15.9 Å². The van der Waals surface area contributed by atoms with Gasteiger partial charge in [-0.1, -0.05) is 6.07 Å². The standard InChI is InChI=1S/C14H10NO5S/c16-9-10-4-6-12(7-5-10)15-14(17)11-2-1-3-13(8-11)21(18,19)20/h1-8H,(H,15,17)(H,18,19,20). The molecular formula is C14H10NO5S. The van der Waals surface area contributed by atoms with E-state index in [4.69, 9.17) is 4.55 Å². The van der Waals surface area contributed by atoms with E-state index in [-0.39, 0.29) is 10.5 Å². The van der Waals surface area contributed by atoms with E-state index < -0.39 is 16.0 Å². The minimum atomic E-state index is -4.36. The highest BCUT2D eigenvalue weighted by Gasteiger charge is 2.13. The van der Waals surface area contributed by atoms with Crippen LogP contribution >= 0.6 is 0 Å². The zero-order chi connectivity index (χ0) is 15.5. The quantitative estimate of drug-likeness (QED) is 0.836. The van der Waals surface area contributed by atoms with Crippen molar-refractivity contribution in [3.05, 3.63) is 59.7 Å². The predicted molar refractivity (Wildman–Crippen MR) is 75.4 cm³/mol. The van der Waals surface area contributed by atoms with E-state index in [0.29, 0.717) is 11.3 Å². The first-order valence-electron chi connectivity index (χ1n) is 5.77. The fraction of sp³-hybridized carbons (Fsp3) is 0. The second-order valence-electron chi connectivity index (χ2n) is 4.14. The van der Waals surface area contributed by atoms with Gasteiger partial charge in [-0.15, -0.1) is 0 Å². The van der Waals surface area contributed by atoms with Gasteiger partial charge in [-0.05, 0) is 42.5 Å². The molecule has 2 aromatic carbocycles. The highest BCUT2D eigenvalue weighted by atomic mass is 32.2. The molecule has 6 nitrogen and oxygen atoms in total. The number of benzene rings is 2. The summed E-state index contributed by atoms with van der Waals surface area (Å²) in [5.41, 5.74) is 0.869. The van der Waals surface area contributed by atoms with Crippen molar-refractivity contribution in [1.29, 1.82) is 0 Å². The molecule has 0 aliphatic rings. The number of amides is 1. The van der Waals surface area contributed by atoms with Crippen LogP contribution in [0.25, 0.3) is 0 Å². The van der Waals surface area contributed by atoms with E-state index in [2.05, 4.69) is 5.32 Å². The van der Waals surface area contributed by atoms with Crippen LogP contribution in [0.2, 0.25) is 0 Å². The van der Waals surface area contributed by atoms with Crippen LogP contribution in [0.5, 0.6) is 0 Å². The third-order valence-corrected chi connectivity index (χ3v) is 3.50. The molecule has 1 amide bonds. The van der Waals surface area contributed by atoms with Gasteiger partial charge in [0.15, 0.2) is 0 Å². The Labute approximate surface area is 121 Å². The monoisotopic (exact) mass is 304 g/mol. The van der Waals surface area contributed by atoms with Gasteiger partial charge in [0.25, 0.3) is 16.0 Å². The van der Waals surface area contributed by atoms with E-state index in [1.54, 1.807) is 6.29 Å². The third kappa shape index (κ3) is 3.74. The summed E-state index contributed by atoms with van der Waals surface area (Å²) in [5.74, 6) is -0.539. The maximum atomic E-state index is 12.0. The summed E-state index contributed by atoms with van der Waals surface area (Å²) in [5, 5.41) is 2.54. The number of hydrogen-bond donors (Lipinski definition) is 2. The molecule has 0 unspecified atom stereocenters. The minimum Gasteiger partial charge on any atom is -0.322 e. The van der Waals surface area contributed by atoms with Gasteiger partial charge < -0.3 is 5.32 Å². The van der Waals surface area contributed by atoms with Crippen LogP contribution in [-0.2, 0) is 14.9 Å². The van der Waals surface area contributed by atoms with Gasteiger partial charge in [0.1, 0.15) is 0 Å². The maximum absolute atomic E-state index is 12.0. The molecule has 0 aliphatic heterocycles. The zero-order valence-corrected chi connectivity index (χ0v) is 11.4. The number of hydrogen-bond acceptors (Lipinski definition) is 4. The Hall–Kier alpha value is -2.51. The summed E-state index contributed by atoms with van der Waals surface area (Å²) in [6.45, 7) is 0. The van der Waals surface area contributed by atoms with E-state index in [0.717, 1.165) is 6.07 Å². The number of nitrogens with one attached hydrogen (secondary N) is 1. The van der Waals surface area contributed by atoms with Crippen LogP contribution < -0.4 is 5.32 Å². The van der Waals surface area contributed by atoms with Crippen LogP contribution in [-0.4, -0.2) is 25.2 Å². The fourth-order valence-electron chi connectivity index (χ4n) is 1.62. The van der Waals surface area contributed by atoms with Gasteiger partial charge in [-0.25, -0.2) is 0 Å². The molecule has 2 aromatic rings. The van der Waals surface area contributed by atoms with Gasteiger partial charge in [0, 0.05) is 16.8 Å². The lowest BCUT2D eigenvalue weighted by atomic mass is 10.2. The number of carbonyl (C=O) groups is 1. The smallest absolute Gasteiger partial charge is 0.294 e. The predicted octanol–water partition coefficient (Wildman–Crippen LogP) is 1.64. The zero-order valence-electron chi connectivity index (χ0n) is 10.6. The molecule has 0 atom stereocenters. The first-order chi connectivity index (χ1) is 9.90. The molecule has 21 heavy (non-hydrogen) atoms. The highest BCUT2D eigenvalue weighted by Crippen LogP contribution is 2.14. The van der Waals surface area contributed by atoms with Crippen molar-refractivity contribution >= 4 is 28.0 Å². The van der Waals surface area contributed by atoms with Gasteiger partial charge in [0.05, 0.1) is 4.90 Å². The van der Waals surface area contributed by atoms with Gasteiger partial charge in [-0.2, -0.15) is 8.42 Å². The minimum absolute atomic E-state index is 0.0798. The van der Waals surface area contributed by atoms with Crippen LogP contribution in [0, 0.1) is 0 Å². The molecule has 1 radical (unpaired) electrons. The van der Waals surface area contributed by atoms with Crippen LogP contribution in [0.4, 0.5) is 5.69 Å². The maximum Gasteiger partial charge on any atom is 0.294 e. The van der Waals surface area contributed by atoms with Crippen molar-refractivity contribution in [3.8, 4) is 0 Å². The summed E-state index contributed by atoms with van der Waals surface area (Å²) in [4.78, 5) is 22.0. The molecular weight excluding hydrogens is 294 g/mol. The molecule has 0 saturated heterocycles. The average molecular weight is 304 g/mol. The molecule has 2 N–H and O–H groups in total. The highest BCUT2D eigenvalue weighted by molar-refractivity contribution is 7.85. The Morgan fingerprint density at radius 1 is 1.10 bits per heavy atom. The molecule has 0 aliphatic carbocycles. The summed E-state index contributed by atoms with van der Waals surface area (Å²) in [7, 11) is -4.36. The largest absolute Gasteiger partial charge is 0.322 e. The number of rotatable bonds is 4. The van der Waals surface area contributed by atoms with Crippen molar-refractivity contribution in [2.45, 2.75) is 4.90 Å². The second-order valence-corrected chi connectivity index (χ2v) is 5.56. The second kappa shape index (κ2) is 5.86. The fourth-order valence-corrected chi connectivity index (χ4v) is 2.15. The lowest BCUT2D eigenvalue weighted by Crippen LogP contribution is -2.12. The van der Waals surface area contributed by atoms with Crippen molar-refractivity contribution in [2.75, 3.05) is 5.32 Å². The SMILES string of the molecule is O=[C]c1ccc(NC(=O)c2cccc(S(=O)(=O)O)c2)cc1. The van der Waals surface area contributed by atoms with Gasteiger partial charge >= 0.3 is 0 Å². The summed E-state index contributed by atoms with van der Waals surface area (Å²) >= 11 is 0. The first-order valence-corrected chi connectivity index (χ1v) is 7.21. The van der Waals surface area contributed by atoms with Gasteiger partial charge in [-0.3, -0.25) is 14.1 Å². The molecule has 0 saturated carbocycles. The first kappa shape index (κ1) is 14.9. The topological polar surface area (TPSA) is 101 Å². The molecule has 0 aromatic heterocycles. The van der Waals surface area contributed by atoms with Crippen molar-refractivity contribution in [2.24, 2.45) is 0 Å². The molecule has 0 heterocycles. The molecule has 7 heteroatoms. The number of carbonyl (C=O) groups excluding carboxylic acids is 2. The Balaban J connectivity index is 2.22. The Bertz CT molecular complexity index is 781. The molecule has 107 valence electrons. The van der Waals surface area contributed by atoms with E-state index in [1.165, 1.54) is 42.5 Å². The van der Waals surface area contributed by atoms with Crippen LogP contribution in [0.15, 0.2) is 53.4 Å². The Morgan fingerprint density at radius 3 is 2.33 bits per heavy atom. The van der Waals surface area contributed by atoms with Crippen molar-refractivity contribution in [3.63, 3.8) is 0 Å². The summed E-state index contributed by atoms with van der Waals surface area (Å²) < 4.78 is 31.0. The lowest BCUT2D eigenvalue weighted by Gasteiger charge is -2.06. The summed E-state index contributed by atoms with van der Waals surface area (Å²) in [6, 6.07) is 11.0. The van der Waals surface area contributed by atoms with E-state index in [9.17, 15) is 18.0 Å². The lowest BCUT2D eigenvalue weighted by molar-refractivity contribution is 0.102. The molecule has 2 rings (SSSR count). The summed E-state index contributed by atoms with van der Waals surface area (Å²) in [6.07, 6.45) is 1.71. The van der Waals surface area contributed by atoms with E-state index >= 15 is 0 Å². The normalized spacial score (nSPS) is 10.9. The average Bonchev–Trinajstić information content (AvgIpc) is 2.47. The van der Waals surface area contributed by atoms with Crippen molar-refractivity contribution in [1.82, 2.24) is 0 Å².